The maximum Gasteiger partial charge on any atom is 0.287 e. The van der Waals surface area contributed by atoms with Gasteiger partial charge in [0.15, 0.2) is 5.84 Å². The van der Waals surface area contributed by atoms with Crippen molar-refractivity contribution in [3.8, 4) is 0 Å². The van der Waals surface area contributed by atoms with Gasteiger partial charge in [-0.2, -0.15) is 0 Å². The molecule has 2 aromatic rings. The largest absolute Gasteiger partial charge is 0.339 e. The molecule has 0 fully saturated rings. The van der Waals surface area contributed by atoms with Crippen LogP contribution in [-0.4, -0.2) is 11.7 Å². The number of hydrogen-bond acceptors (Lipinski definition) is 4. The van der Waals surface area contributed by atoms with Crippen molar-refractivity contribution in [2.45, 2.75) is 32.2 Å². The van der Waals surface area contributed by atoms with Crippen LogP contribution in [0.3, 0.4) is 0 Å². The Bertz CT molecular complexity index is 1090. The van der Waals surface area contributed by atoms with Crippen molar-refractivity contribution < 1.29 is 4.79 Å². The van der Waals surface area contributed by atoms with E-state index >= 15 is 0 Å². The van der Waals surface area contributed by atoms with Gasteiger partial charge in [0.2, 0.25) is 0 Å². The molecule has 0 saturated heterocycles. The molecule has 1 aromatic heterocycles. The molecule has 4 rings (SSSR count). The van der Waals surface area contributed by atoms with Crippen LogP contribution in [0, 0.1) is 0 Å². The van der Waals surface area contributed by atoms with E-state index in [1.54, 1.807) is 17.4 Å². The van der Waals surface area contributed by atoms with Crippen LogP contribution in [-0.2, 0) is 17.6 Å². The molecular weight excluding hydrogens is 390 g/mol. The highest BCUT2D eigenvalue weighted by Gasteiger charge is 2.29. The van der Waals surface area contributed by atoms with E-state index < -0.39 is 0 Å². The zero-order valence-corrected chi connectivity index (χ0v) is 17.9. The highest BCUT2D eigenvalue weighted by atomic mass is 32.1. The number of amides is 1. The Kier molecular flexibility index (Phi) is 5.81. The molecule has 1 aromatic carbocycles. The standard InChI is InChI=1S/C25H25N3OS/c1-4-5-7-11-16(2)22(18-12-8-6-9-13-18)27-24(29)23-26-17(3)21-19-14-10-15-20(19)30-25(21)28-23/h4-9,11-13,22H,1,3,10,14-15H2,2H3,(H,26,28)(H,27,29)/b7-5-,16-11+. The number of carbonyl (C=O) groups excluding carboxylic acids is 1. The number of hydrogen-bond donors (Lipinski definition) is 2. The molecule has 0 saturated carbocycles. The van der Waals surface area contributed by atoms with Gasteiger partial charge >= 0.3 is 0 Å². The van der Waals surface area contributed by atoms with Gasteiger partial charge in [0, 0.05) is 16.1 Å². The number of benzene rings is 1. The summed E-state index contributed by atoms with van der Waals surface area (Å²) in [5.41, 5.74) is 5.23. The third-order valence-electron chi connectivity index (χ3n) is 5.37. The van der Waals surface area contributed by atoms with E-state index in [9.17, 15) is 4.79 Å². The molecule has 2 aliphatic rings. The fourth-order valence-corrected chi connectivity index (χ4v) is 5.20. The number of nitrogens with zero attached hydrogens (tertiary/aromatic N) is 1. The lowest BCUT2D eigenvalue weighted by Crippen LogP contribution is -2.42. The van der Waals surface area contributed by atoms with Gasteiger partial charge in [-0.1, -0.05) is 67.8 Å². The molecule has 2 N–H and O–H groups in total. The van der Waals surface area contributed by atoms with Crippen LogP contribution >= 0.6 is 11.3 Å². The van der Waals surface area contributed by atoms with Crippen LogP contribution in [0.4, 0.5) is 5.00 Å². The van der Waals surface area contributed by atoms with Gasteiger partial charge in [-0.3, -0.25) is 4.79 Å². The Morgan fingerprint density at radius 2 is 2.07 bits per heavy atom. The number of rotatable bonds is 6. The van der Waals surface area contributed by atoms with Gasteiger partial charge in [0.1, 0.15) is 5.00 Å². The second-order valence-electron chi connectivity index (χ2n) is 7.45. The quantitative estimate of drug-likeness (QED) is 0.622. The number of nitrogens with one attached hydrogen (secondary N) is 2. The fourth-order valence-electron chi connectivity index (χ4n) is 3.91. The molecule has 1 unspecified atom stereocenters. The first-order chi connectivity index (χ1) is 14.6. The van der Waals surface area contributed by atoms with Crippen molar-refractivity contribution in [3.05, 3.63) is 94.9 Å². The van der Waals surface area contributed by atoms with Gasteiger partial charge in [-0.05, 0) is 42.9 Å². The normalized spacial score (nSPS) is 16.5. The van der Waals surface area contributed by atoms with E-state index in [0.29, 0.717) is 5.84 Å². The zero-order chi connectivity index (χ0) is 21.1. The molecule has 0 bridgehead atoms. The van der Waals surface area contributed by atoms with E-state index in [2.05, 4.69) is 28.8 Å². The van der Waals surface area contributed by atoms with Crippen molar-refractivity contribution in [2.24, 2.45) is 4.99 Å². The third kappa shape index (κ3) is 3.94. The predicted octanol–water partition coefficient (Wildman–Crippen LogP) is 5.39. The molecule has 0 radical (unpaired) electrons. The van der Waals surface area contributed by atoms with Gasteiger partial charge in [-0.15, -0.1) is 11.3 Å². The molecule has 5 heteroatoms. The summed E-state index contributed by atoms with van der Waals surface area (Å²) < 4.78 is 0. The van der Waals surface area contributed by atoms with Gasteiger partial charge in [-0.25, -0.2) is 4.99 Å². The molecule has 4 nitrogen and oxygen atoms in total. The molecule has 2 heterocycles. The predicted molar refractivity (Wildman–Crippen MR) is 126 cm³/mol. The summed E-state index contributed by atoms with van der Waals surface area (Å²) in [5, 5.41) is 7.17. The Hall–Kier alpha value is -3.18. The minimum absolute atomic E-state index is 0.246. The first kappa shape index (κ1) is 20.1. The average molecular weight is 416 g/mol. The van der Waals surface area contributed by atoms with Crippen molar-refractivity contribution >= 4 is 33.8 Å². The summed E-state index contributed by atoms with van der Waals surface area (Å²) in [6.07, 6.45) is 10.8. The first-order valence-electron chi connectivity index (χ1n) is 10.1. The smallest absolute Gasteiger partial charge is 0.287 e. The number of aliphatic imine (C=N–C) groups is 1. The fraction of sp³-hybridized carbons (Fsp3) is 0.200. The summed E-state index contributed by atoms with van der Waals surface area (Å²) in [4.78, 5) is 19.2. The Labute approximate surface area is 181 Å². The van der Waals surface area contributed by atoms with Crippen LogP contribution in [0.5, 0.6) is 0 Å². The Morgan fingerprint density at radius 1 is 1.27 bits per heavy atom. The summed E-state index contributed by atoms with van der Waals surface area (Å²) in [7, 11) is 0. The van der Waals surface area contributed by atoms with Crippen LogP contribution in [0.2, 0.25) is 0 Å². The molecule has 1 amide bonds. The van der Waals surface area contributed by atoms with Crippen LogP contribution in [0.25, 0.3) is 5.70 Å². The number of carbonyl (C=O) groups is 1. The number of allylic oxidation sites excluding steroid dienone is 4. The summed E-state index contributed by atoms with van der Waals surface area (Å²) in [6, 6.07) is 9.67. The van der Waals surface area contributed by atoms with Crippen molar-refractivity contribution in [1.82, 2.24) is 10.6 Å². The molecule has 152 valence electrons. The lowest BCUT2D eigenvalue weighted by Gasteiger charge is -2.23. The van der Waals surface area contributed by atoms with Crippen LogP contribution < -0.4 is 10.6 Å². The average Bonchev–Trinajstić information content (AvgIpc) is 3.33. The molecule has 1 aliphatic heterocycles. The molecular formula is C25H25N3OS. The maximum absolute atomic E-state index is 13.1. The Balaban J connectivity index is 1.62. The maximum atomic E-state index is 13.1. The van der Waals surface area contributed by atoms with E-state index in [1.807, 2.05) is 55.5 Å². The van der Waals surface area contributed by atoms with Crippen LogP contribution in [0.15, 0.2) is 78.4 Å². The van der Waals surface area contributed by atoms with Gasteiger partial charge in [0.05, 0.1) is 6.04 Å². The number of fused-ring (bicyclic) bond motifs is 3. The van der Waals surface area contributed by atoms with Crippen molar-refractivity contribution in [3.63, 3.8) is 0 Å². The monoisotopic (exact) mass is 415 g/mol. The minimum Gasteiger partial charge on any atom is -0.339 e. The van der Waals surface area contributed by atoms with E-state index in [4.69, 9.17) is 0 Å². The highest BCUT2D eigenvalue weighted by Crippen LogP contribution is 2.44. The molecule has 0 spiro atoms. The zero-order valence-electron chi connectivity index (χ0n) is 17.1. The second-order valence-corrected chi connectivity index (χ2v) is 8.53. The molecule has 1 aliphatic carbocycles. The van der Waals surface area contributed by atoms with E-state index in [-0.39, 0.29) is 11.9 Å². The molecule has 1 atom stereocenters. The topological polar surface area (TPSA) is 53.5 Å². The van der Waals surface area contributed by atoms with Gasteiger partial charge < -0.3 is 10.6 Å². The lowest BCUT2D eigenvalue weighted by atomic mass is 9.99. The first-order valence-corrected chi connectivity index (χ1v) is 10.9. The van der Waals surface area contributed by atoms with E-state index in [1.165, 1.54) is 16.9 Å². The van der Waals surface area contributed by atoms with Gasteiger partial charge in [0.25, 0.3) is 5.91 Å². The third-order valence-corrected chi connectivity index (χ3v) is 6.56. The lowest BCUT2D eigenvalue weighted by molar-refractivity contribution is -0.115. The van der Waals surface area contributed by atoms with Crippen LogP contribution in [0.1, 0.15) is 41.0 Å². The van der Waals surface area contributed by atoms with E-state index in [0.717, 1.165) is 40.2 Å². The van der Waals surface area contributed by atoms with Crippen molar-refractivity contribution in [2.75, 3.05) is 0 Å². The molecule has 30 heavy (non-hydrogen) atoms. The van der Waals surface area contributed by atoms with Crippen molar-refractivity contribution in [1.29, 1.82) is 0 Å². The highest BCUT2D eigenvalue weighted by molar-refractivity contribution is 7.16. The summed E-state index contributed by atoms with van der Waals surface area (Å²) >= 11 is 1.69. The number of aryl methyl sites for hydroxylation is 1. The summed E-state index contributed by atoms with van der Waals surface area (Å²) in [6.45, 7) is 9.86. The SMILES string of the molecule is C=C/C=C\C=C(/C)C(NC(=O)C1=Nc2sc3c(c2C(=C)N1)CCC3)c1ccccc1. The Morgan fingerprint density at radius 3 is 2.83 bits per heavy atom. The summed E-state index contributed by atoms with van der Waals surface area (Å²) in [5.74, 6) is 0.0486. The number of thiophene rings is 1. The second kappa shape index (κ2) is 8.67. The minimum atomic E-state index is -0.263. The number of amidine groups is 1.